The molecule has 2 nitrogen and oxygen atoms in total. The molecule has 1 heterocycles. The van der Waals surface area contributed by atoms with Gasteiger partial charge in [0.25, 0.3) is 0 Å². The summed E-state index contributed by atoms with van der Waals surface area (Å²) in [5, 5.41) is 10.5. The van der Waals surface area contributed by atoms with Crippen LogP contribution >= 0.6 is 11.5 Å². The van der Waals surface area contributed by atoms with Crippen LogP contribution in [0, 0.1) is 0 Å². The van der Waals surface area contributed by atoms with E-state index in [1.165, 1.54) is 17.1 Å². The third-order valence-corrected chi connectivity index (χ3v) is 1.74. The molecule has 0 spiro atoms. The summed E-state index contributed by atoms with van der Waals surface area (Å²) >= 11 is 1.46. The highest BCUT2D eigenvalue weighted by molar-refractivity contribution is 7.03. The van der Waals surface area contributed by atoms with Crippen molar-refractivity contribution in [3.63, 3.8) is 0 Å². The van der Waals surface area contributed by atoms with E-state index < -0.39 is 0 Å². The van der Waals surface area contributed by atoms with Crippen molar-refractivity contribution in [3.8, 4) is 0 Å². The first-order valence-corrected chi connectivity index (χ1v) is 3.76. The first-order valence-electron chi connectivity index (χ1n) is 2.92. The van der Waals surface area contributed by atoms with E-state index >= 15 is 0 Å². The summed E-state index contributed by atoms with van der Waals surface area (Å²) < 4.78 is 3.94. The zero-order chi connectivity index (χ0) is 6.53. The van der Waals surface area contributed by atoms with Gasteiger partial charge in [0.05, 0.1) is 0 Å². The minimum atomic E-state index is 0.274. The minimum Gasteiger partial charge on any atom is -0.396 e. The molecule has 0 aliphatic rings. The van der Waals surface area contributed by atoms with Gasteiger partial charge in [-0.1, -0.05) is 0 Å². The van der Waals surface area contributed by atoms with Crippen molar-refractivity contribution in [1.82, 2.24) is 4.37 Å². The number of hydrogen-bond acceptors (Lipinski definition) is 3. The summed E-state index contributed by atoms with van der Waals surface area (Å²) in [6.45, 7) is 0.274. The van der Waals surface area contributed by atoms with Crippen LogP contribution < -0.4 is 0 Å². The molecule has 0 fully saturated rings. The zero-order valence-corrected chi connectivity index (χ0v) is 5.90. The van der Waals surface area contributed by atoms with Crippen molar-refractivity contribution in [2.45, 2.75) is 12.8 Å². The monoisotopic (exact) mass is 143 g/mol. The summed E-state index contributed by atoms with van der Waals surface area (Å²) in [6, 6.07) is 0. The third kappa shape index (κ3) is 2.11. The predicted octanol–water partition coefficient (Wildman–Crippen LogP) is 1.07. The molecule has 0 saturated heterocycles. The Kier molecular flexibility index (Phi) is 2.67. The van der Waals surface area contributed by atoms with Crippen molar-refractivity contribution in [1.29, 1.82) is 0 Å². The van der Waals surface area contributed by atoms with Gasteiger partial charge in [-0.2, -0.15) is 0 Å². The second kappa shape index (κ2) is 3.58. The van der Waals surface area contributed by atoms with E-state index in [9.17, 15) is 0 Å². The van der Waals surface area contributed by atoms with Gasteiger partial charge < -0.3 is 5.11 Å². The molecule has 1 aromatic heterocycles. The van der Waals surface area contributed by atoms with Crippen LogP contribution in [-0.2, 0) is 6.42 Å². The van der Waals surface area contributed by atoms with Crippen molar-refractivity contribution < 1.29 is 5.11 Å². The van der Waals surface area contributed by atoms with Crippen molar-refractivity contribution in [2.24, 2.45) is 0 Å². The summed E-state index contributed by atoms with van der Waals surface area (Å²) in [5.41, 5.74) is 1.23. The van der Waals surface area contributed by atoms with Crippen LogP contribution in [0.2, 0.25) is 0 Å². The Balaban J connectivity index is 2.30. The number of rotatable bonds is 3. The van der Waals surface area contributed by atoms with Crippen LogP contribution in [0.25, 0.3) is 0 Å². The molecule has 0 aromatic carbocycles. The molecule has 1 N–H and O–H groups in total. The standard InChI is InChI=1S/C6H9NOS/c8-3-1-2-6-4-7-9-5-6/h4-5,8H,1-3H2. The van der Waals surface area contributed by atoms with Gasteiger partial charge in [0.2, 0.25) is 0 Å². The van der Waals surface area contributed by atoms with E-state index in [2.05, 4.69) is 4.37 Å². The van der Waals surface area contributed by atoms with E-state index in [4.69, 9.17) is 5.11 Å². The lowest BCUT2D eigenvalue weighted by Crippen LogP contribution is -1.85. The number of hydrogen-bond donors (Lipinski definition) is 1. The SMILES string of the molecule is OCCCc1cnsc1. The fourth-order valence-corrected chi connectivity index (χ4v) is 1.20. The molecule has 9 heavy (non-hydrogen) atoms. The summed E-state index contributed by atoms with van der Waals surface area (Å²) in [7, 11) is 0. The van der Waals surface area contributed by atoms with Gasteiger partial charge >= 0.3 is 0 Å². The van der Waals surface area contributed by atoms with E-state index in [1.54, 1.807) is 0 Å². The van der Waals surface area contributed by atoms with Crippen molar-refractivity contribution in [2.75, 3.05) is 6.61 Å². The maximum atomic E-state index is 8.45. The van der Waals surface area contributed by atoms with Crippen molar-refractivity contribution in [3.05, 3.63) is 17.1 Å². The first kappa shape index (κ1) is 6.71. The molecule has 50 valence electrons. The normalized spacial score (nSPS) is 9.89. The van der Waals surface area contributed by atoms with Crippen LogP contribution in [0.4, 0.5) is 0 Å². The second-order valence-corrected chi connectivity index (χ2v) is 2.52. The number of aromatic nitrogens is 1. The minimum absolute atomic E-state index is 0.274. The summed E-state index contributed by atoms with van der Waals surface area (Å²) in [5.74, 6) is 0. The average Bonchev–Trinajstić information content (AvgIpc) is 2.34. The van der Waals surface area contributed by atoms with Gasteiger partial charge in [-0.05, 0) is 29.9 Å². The molecule has 0 atom stereocenters. The highest BCUT2D eigenvalue weighted by Crippen LogP contribution is 2.03. The first-order chi connectivity index (χ1) is 4.43. The van der Waals surface area contributed by atoms with E-state index in [0.717, 1.165) is 12.8 Å². The largest absolute Gasteiger partial charge is 0.396 e. The van der Waals surface area contributed by atoms with Gasteiger partial charge in [0.1, 0.15) is 0 Å². The Labute approximate surface area is 58.3 Å². The molecule has 3 heteroatoms. The number of aryl methyl sites for hydroxylation is 1. The summed E-state index contributed by atoms with van der Waals surface area (Å²) in [6.07, 6.45) is 3.64. The molecular formula is C6H9NOS. The molecule has 0 saturated carbocycles. The molecule has 0 aliphatic heterocycles. The zero-order valence-electron chi connectivity index (χ0n) is 5.08. The van der Waals surface area contributed by atoms with Crippen LogP contribution in [0.15, 0.2) is 11.6 Å². The van der Waals surface area contributed by atoms with Gasteiger partial charge in [0.15, 0.2) is 0 Å². The Morgan fingerprint density at radius 2 is 2.56 bits per heavy atom. The lowest BCUT2D eigenvalue weighted by atomic mass is 10.2. The molecular weight excluding hydrogens is 134 g/mol. The lowest BCUT2D eigenvalue weighted by molar-refractivity contribution is 0.288. The Hall–Kier alpha value is -0.410. The highest BCUT2D eigenvalue weighted by Gasteiger charge is 1.90. The topological polar surface area (TPSA) is 33.1 Å². The third-order valence-electron chi connectivity index (χ3n) is 1.11. The number of aliphatic hydroxyl groups is 1. The molecule has 0 aliphatic carbocycles. The quantitative estimate of drug-likeness (QED) is 0.686. The smallest absolute Gasteiger partial charge is 0.0438 e. The fourth-order valence-electron chi connectivity index (χ4n) is 0.633. The van der Waals surface area contributed by atoms with Crippen LogP contribution in [-0.4, -0.2) is 16.1 Å². The molecule has 1 aromatic rings. The van der Waals surface area contributed by atoms with Gasteiger partial charge in [-0.25, -0.2) is 4.37 Å². The molecule has 0 amide bonds. The predicted molar refractivity (Wildman–Crippen MR) is 37.5 cm³/mol. The van der Waals surface area contributed by atoms with Gasteiger partial charge in [-0.15, -0.1) is 0 Å². The van der Waals surface area contributed by atoms with Gasteiger partial charge in [0, 0.05) is 18.2 Å². The van der Waals surface area contributed by atoms with Crippen LogP contribution in [0.3, 0.4) is 0 Å². The highest BCUT2D eigenvalue weighted by atomic mass is 32.1. The van der Waals surface area contributed by atoms with Crippen molar-refractivity contribution >= 4 is 11.5 Å². The number of aliphatic hydroxyl groups excluding tert-OH is 1. The number of nitrogens with zero attached hydrogens (tertiary/aromatic N) is 1. The average molecular weight is 143 g/mol. The molecule has 0 bridgehead atoms. The summed E-state index contributed by atoms with van der Waals surface area (Å²) in [4.78, 5) is 0. The fraction of sp³-hybridized carbons (Fsp3) is 0.500. The van der Waals surface area contributed by atoms with E-state index in [0.29, 0.717) is 0 Å². The lowest BCUT2D eigenvalue weighted by Gasteiger charge is -1.89. The van der Waals surface area contributed by atoms with Gasteiger partial charge in [-0.3, -0.25) is 0 Å². The van der Waals surface area contributed by atoms with E-state index in [1.807, 2.05) is 11.6 Å². The molecule has 0 radical (unpaired) electrons. The van der Waals surface area contributed by atoms with Crippen LogP contribution in [0.1, 0.15) is 12.0 Å². The van der Waals surface area contributed by atoms with Crippen LogP contribution in [0.5, 0.6) is 0 Å². The maximum absolute atomic E-state index is 8.45. The van der Waals surface area contributed by atoms with E-state index in [-0.39, 0.29) is 6.61 Å². The Morgan fingerprint density at radius 1 is 1.67 bits per heavy atom. The Bertz CT molecular complexity index is 150. The molecule has 1 rings (SSSR count). The maximum Gasteiger partial charge on any atom is 0.0438 e. The Morgan fingerprint density at radius 3 is 3.11 bits per heavy atom. The second-order valence-electron chi connectivity index (χ2n) is 1.86. The molecule has 0 unspecified atom stereocenters.